The van der Waals surface area contributed by atoms with Crippen LogP contribution in [-0.2, 0) is 28.5 Å². The maximum atomic E-state index is 14.0. The van der Waals surface area contributed by atoms with E-state index in [1.807, 2.05) is 0 Å². The summed E-state index contributed by atoms with van der Waals surface area (Å²) in [6.45, 7) is 0. The predicted octanol–water partition coefficient (Wildman–Crippen LogP) is 3.76. The molecule has 1 amide bonds. The fourth-order valence-corrected chi connectivity index (χ4v) is 7.08. The molecule has 1 heterocycles. The van der Waals surface area contributed by atoms with Gasteiger partial charge in [0.05, 0.1) is 30.5 Å². The van der Waals surface area contributed by atoms with Crippen LogP contribution in [0.4, 0.5) is 4.39 Å². The minimum atomic E-state index is -0.728. The molecule has 0 aromatic rings. The first-order valence-corrected chi connectivity index (χ1v) is 13.6. The van der Waals surface area contributed by atoms with Gasteiger partial charge in [0.2, 0.25) is 5.91 Å². The third-order valence-corrected chi connectivity index (χ3v) is 9.24. The average Bonchev–Trinajstić information content (AvgIpc) is 3.37. The lowest BCUT2D eigenvalue weighted by Gasteiger charge is -2.41. The van der Waals surface area contributed by atoms with Gasteiger partial charge < -0.3 is 23.7 Å². The molecule has 0 aromatic carbocycles. The topological polar surface area (TPSA) is 78.8 Å². The van der Waals surface area contributed by atoms with Crippen molar-refractivity contribution in [2.45, 2.75) is 107 Å². The number of ether oxygens (including phenoxy) is 5. The molecule has 3 saturated carbocycles. The number of nitrogens with zero attached hydrogens (tertiary/aromatic N) is 2. The number of carbonyl (C=O) groups excluding carboxylic acids is 1. The molecule has 3 fully saturated rings. The molecule has 206 valence electrons. The van der Waals surface area contributed by atoms with Gasteiger partial charge in [0.25, 0.3) is 0 Å². The minimum Gasteiger partial charge on any atom is -0.379 e. The number of halogens is 1. The summed E-state index contributed by atoms with van der Waals surface area (Å²) in [5, 5.41) is 6.80. The third-order valence-electron chi connectivity index (χ3n) is 9.24. The van der Waals surface area contributed by atoms with E-state index in [1.54, 1.807) is 40.6 Å². The van der Waals surface area contributed by atoms with Crippen LogP contribution in [0.5, 0.6) is 0 Å². The molecule has 0 aromatic heterocycles. The van der Waals surface area contributed by atoms with E-state index in [2.05, 4.69) is 0 Å². The summed E-state index contributed by atoms with van der Waals surface area (Å²) in [6, 6.07) is -0.0109. The highest BCUT2D eigenvalue weighted by Crippen LogP contribution is 2.41. The molecule has 0 saturated heterocycles. The maximum Gasteiger partial charge on any atom is 0.246 e. The van der Waals surface area contributed by atoms with E-state index in [-0.39, 0.29) is 60.2 Å². The number of hydrazone groups is 1. The molecule has 36 heavy (non-hydrogen) atoms. The standard InChI is InChI=1S/C27H45FN2O6/c1-32-22-11-8-17(12-23(22)33-2)20-15-21(16-6-9-19(28)10-7-16)30(29-20)27(31)18-13-24(34-3)26(36-5)25(14-18)35-4/h16-19,21-26H,6-15H2,1-5H3. The van der Waals surface area contributed by atoms with Gasteiger partial charge in [-0.2, -0.15) is 5.10 Å². The zero-order valence-corrected chi connectivity index (χ0v) is 22.6. The molecular weight excluding hydrogens is 467 g/mol. The molecule has 8 nitrogen and oxygen atoms in total. The van der Waals surface area contributed by atoms with Crippen LogP contribution in [0.15, 0.2) is 5.10 Å². The highest BCUT2D eigenvalue weighted by molar-refractivity contribution is 5.92. The van der Waals surface area contributed by atoms with Crippen molar-refractivity contribution in [3.8, 4) is 0 Å². The smallest absolute Gasteiger partial charge is 0.246 e. The molecule has 0 spiro atoms. The number of alkyl halides is 1. The lowest BCUT2D eigenvalue weighted by molar-refractivity contribution is -0.161. The van der Waals surface area contributed by atoms with E-state index in [4.69, 9.17) is 28.8 Å². The summed E-state index contributed by atoms with van der Waals surface area (Å²) >= 11 is 0. The van der Waals surface area contributed by atoms with Crippen molar-refractivity contribution in [3.63, 3.8) is 0 Å². The Bertz CT molecular complexity index is 747. The first-order chi connectivity index (χ1) is 17.4. The van der Waals surface area contributed by atoms with E-state index in [9.17, 15) is 9.18 Å². The zero-order valence-electron chi connectivity index (χ0n) is 22.6. The van der Waals surface area contributed by atoms with E-state index < -0.39 is 6.17 Å². The van der Waals surface area contributed by atoms with Gasteiger partial charge in [-0.3, -0.25) is 4.79 Å². The molecular formula is C27H45FN2O6. The number of hydrogen-bond acceptors (Lipinski definition) is 7. The lowest BCUT2D eigenvalue weighted by atomic mass is 9.77. The van der Waals surface area contributed by atoms with Gasteiger partial charge in [-0.25, -0.2) is 9.40 Å². The van der Waals surface area contributed by atoms with Crippen LogP contribution in [0.1, 0.15) is 64.2 Å². The minimum absolute atomic E-state index is 0.0109. The molecule has 0 bridgehead atoms. The number of carbonyl (C=O) groups is 1. The van der Waals surface area contributed by atoms with E-state index in [0.29, 0.717) is 25.7 Å². The van der Waals surface area contributed by atoms with Gasteiger partial charge in [-0.05, 0) is 63.7 Å². The molecule has 4 rings (SSSR count). The van der Waals surface area contributed by atoms with Crippen molar-refractivity contribution < 1.29 is 32.9 Å². The van der Waals surface area contributed by atoms with E-state index >= 15 is 0 Å². The Kier molecular flexibility index (Phi) is 9.77. The van der Waals surface area contributed by atoms with E-state index in [0.717, 1.165) is 44.2 Å². The van der Waals surface area contributed by atoms with Gasteiger partial charge in [0.1, 0.15) is 12.3 Å². The monoisotopic (exact) mass is 512 g/mol. The summed E-state index contributed by atoms with van der Waals surface area (Å²) < 4.78 is 42.4. The second-order valence-corrected chi connectivity index (χ2v) is 11.0. The quantitative estimate of drug-likeness (QED) is 0.493. The van der Waals surface area contributed by atoms with Crippen LogP contribution in [0.2, 0.25) is 0 Å². The van der Waals surface area contributed by atoms with Gasteiger partial charge in [-0.1, -0.05) is 0 Å². The molecule has 6 unspecified atom stereocenters. The van der Waals surface area contributed by atoms with Gasteiger partial charge in [0, 0.05) is 59.5 Å². The number of methoxy groups -OCH3 is 5. The maximum absolute atomic E-state index is 14.0. The Labute approximate surface area is 215 Å². The molecule has 3 aliphatic carbocycles. The Morgan fingerprint density at radius 3 is 1.94 bits per heavy atom. The van der Waals surface area contributed by atoms with Crippen LogP contribution in [0.25, 0.3) is 0 Å². The summed E-state index contributed by atoms with van der Waals surface area (Å²) in [4.78, 5) is 14.0. The highest BCUT2D eigenvalue weighted by Gasteiger charge is 2.47. The molecule has 4 aliphatic rings. The Morgan fingerprint density at radius 1 is 0.778 bits per heavy atom. The van der Waals surface area contributed by atoms with Gasteiger partial charge >= 0.3 is 0 Å². The fraction of sp³-hybridized carbons (Fsp3) is 0.926. The number of amides is 1. The van der Waals surface area contributed by atoms with E-state index in [1.165, 1.54) is 0 Å². The highest BCUT2D eigenvalue weighted by atomic mass is 19.1. The largest absolute Gasteiger partial charge is 0.379 e. The van der Waals surface area contributed by atoms with Crippen molar-refractivity contribution >= 4 is 11.6 Å². The number of rotatable bonds is 8. The summed E-state index contributed by atoms with van der Waals surface area (Å²) in [7, 11) is 8.44. The average molecular weight is 513 g/mol. The van der Waals surface area contributed by atoms with Crippen LogP contribution < -0.4 is 0 Å². The van der Waals surface area contributed by atoms with Crippen LogP contribution in [0, 0.1) is 17.8 Å². The summed E-state index contributed by atoms with van der Waals surface area (Å²) in [6.07, 6.45) is 6.11. The second-order valence-electron chi connectivity index (χ2n) is 11.0. The Balaban J connectivity index is 1.55. The molecule has 9 heteroatoms. The second kappa shape index (κ2) is 12.6. The summed E-state index contributed by atoms with van der Waals surface area (Å²) in [5.74, 6) is 0.305. The molecule has 1 aliphatic heterocycles. The van der Waals surface area contributed by atoms with Crippen molar-refractivity contribution in [3.05, 3.63) is 0 Å². The van der Waals surface area contributed by atoms with Crippen LogP contribution >= 0.6 is 0 Å². The SMILES string of the molecule is COC1CCC(C2=NN(C(=O)C3CC(OC)C(OC)C(OC)C3)C(C3CCC(F)CC3)C2)CC1OC. The van der Waals surface area contributed by atoms with Crippen molar-refractivity contribution in [1.29, 1.82) is 0 Å². The lowest BCUT2D eigenvalue weighted by Crippen LogP contribution is -2.52. The summed E-state index contributed by atoms with van der Waals surface area (Å²) in [5.41, 5.74) is 1.09. The number of hydrogen-bond donors (Lipinski definition) is 0. The van der Waals surface area contributed by atoms with Crippen molar-refractivity contribution in [1.82, 2.24) is 5.01 Å². The first kappa shape index (κ1) is 27.9. The van der Waals surface area contributed by atoms with Gasteiger partial charge in [0.15, 0.2) is 0 Å². The molecule has 0 radical (unpaired) electrons. The van der Waals surface area contributed by atoms with Gasteiger partial charge in [-0.15, -0.1) is 0 Å². The Hall–Kier alpha value is -1.13. The molecule has 0 N–H and O–H groups in total. The Morgan fingerprint density at radius 2 is 1.39 bits per heavy atom. The predicted molar refractivity (Wildman–Crippen MR) is 134 cm³/mol. The molecule has 6 atom stereocenters. The fourth-order valence-electron chi connectivity index (χ4n) is 7.08. The van der Waals surface area contributed by atoms with Crippen LogP contribution in [0.3, 0.4) is 0 Å². The normalized spacial score (nSPS) is 41.8. The van der Waals surface area contributed by atoms with Crippen molar-refractivity contribution in [2.24, 2.45) is 22.9 Å². The third kappa shape index (κ3) is 5.80. The zero-order chi connectivity index (χ0) is 25.8. The van der Waals surface area contributed by atoms with Crippen LogP contribution in [-0.4, -0.2) is 94.9 Å². The first-order valence-electron chi connectivity index (χ1n) is 13.6. The van der Waals surface area contributed by atoms with Crippen molar-refractivity contribution in [2.75, 3.05) is 35.5 Å².